The van der Waals surface area contributed by atoms with Gasteiger partial charge in [-0.2, -0.15) is 0 Å². The molecule has 0 atom stereocenters. The predicted octanol–water partition coefficient (Wildman–Crippen LogP) is 3.29. The van der Waals surface area contributed by atoms with Crippen LogP contribution in [0.15, 0.2) is 42.5 Å². The lowest BCUT2D eigenvalue weighted by atomic mass is 10.1. The van der Waals surface area contributed by atoms with E-state index in [0.29, 0.717) is 17.1 Å². The third kappa shape index (κ3) is 2.99. The molecular weight excluding hydrogens is 266 g/mol. The lowest BCUT2D eigenvalue weighted by Crippen LogP contribution is -2.26. The first-order valence-electron chi connectivity index (χ1n) is 6.64. The first kappa shape index (κ1) is 14.9. The Morgan fingerprint density at radius 1 is 1.00 bits per heavy atom. The van der Waals surface area contributed by atoms with Crippen molar-refractivity contribution in [3.63, 3.8) is 0 Å². The van der Waals surface area contributed by atoms with E-state index in [4.69, 9.17) is 9.47 Å². The molecule has 0 spiro atoms. The summed E-state index contributed by atoms with van der Waals surface area (Å²) >= 11 is 0. The summed E-state index contributed by atoms with van der Waals surface area (Å²) < 4.78 is 10.5. The number of carbonyl (C=O) groups excluding carboxylic acids is 1. The van der Waals surface area contributed by atoms with Crippen molar-refractivity contribution in [1.82, 2.24) is 0 Å². The number of carbonyl (C=O) groups is 1. The summed E-state index contributed by atoms with van der Waals surface area (Å²) in [5.74, 6) is 1.08. The minimum atomic E-state index is -0.0837. The molecule has 0 bridgehead atoms. The van der Waals surface area contributed by atoms with E-state index in [1.807, 2.05) is 43.3 Å². The van der Waals surface area contributed by atoms with Gasteiger partial charge in [0.15, 0.2) is 11.5 Å². The summed E-state index contributed by atoms with van der Waals surface area (Å²) in [6, 6.07) is 13.0. The van der Waals surface area contributed by atoms with Gasteiger partial charge >= 0.3 is 0 Å². The molecule has 2 rings (SSSR count). The molecule has 0 radical (unpaired) electrons. The lowest BCUT2D eigenvalue weighted by molar-refractivity contribution is 0.0992. The van der Waals surface area contributed by atoms with Gasteiger partial charge in [0.25, 0.3) is 5.91 Å². The van der Waals surface area contributed by atoms with Crippen molar-refractivity contribution >= 4 is 11.6 Å². The normalized spacial score (nSPS) is 10.1. The number of para-hydroxylation sites is 1. The second-order valence-electron chi connectivity index (χ2n) is 4.72. The van der Waals surface area contributed by atoms with Gasteiger partial charge in [-0.05, 0) is 36.8 Å². The standard InChI is InChI=1S/C17H19NO3/c1-12-10-15(20-3)16(21-4)11-14(12)17(19)18(2)13-8-6-5-7-9-13/h5-11H,1-4H3. The quantitative estimate of drug-likeness (QED) is 0.865. The smallest absolute Gasteiger partial charge is 0.258 e. The van der Waals surface area contributed by atoms with Gasteiger partial charge in [-0.3, -0.25) is 4.79 Å². The number of hydrogen-bond donors (Lipinski definition) is 0. The van der Waals surface area contributed by atoms with E-state index in [-0.39, 0.29) is 5.91 Å². The number of hydrogen-bond acceptors (Lipinski definition) is 3. The molecule has 0 N–H and O–H groups in total. The Labute approximate surface area is 124 Å². The van der Waals surface area contributed by atoms with Gasteiger partial charge in [-0.1, -0.05) is 18.2 Å². The van der Waals surface area contributed by atoms with Gasteiger partial charge in [0.05, 0.1) is 14.2 Å². The molecule has 4 heteroatoms. The van der Waals surface area contributed by atoms with Gasteiger partial charge in [0, 0.05) is 18.3 Å². The predicted molar refractivity (Wildman–Crippen MR) is 83.5 cm³/mol. The van der Waals surface area contributed by atoms with Crippen LogP contribution in [0.5, 0.6) is 11.5 Å². The van der Waals surface area contributed by atoms with E-state index in [0.717, 1.165) is 11.3 Å². The average molecular weight is 285 g/mol. The highest BCUT2D eigenvalue weighted by Gasteiger charge is 2.18. The molecule has 0 aliphatic rings. The Hall–Kier alpha value is -2.49. The molecule has 0 saturated carbocycles. The minimum absolute atomic E-state index is 0.0837. The molecule has 0 aliphatic carbocycles. The Morgan fingerprint density at radius 3 is 2.14 bits per heavy atom. The van der Waals surface area contributed by atoms with E-state index in [1.54, 1.807) is 32.2 Å². The molecule has 4 nitrogen and oxygen atoms in total. The molecule has 0 unspecified atom stereocenters. The van der Waals surface area contributed by atoms with Gasteiger partial charge in [0.2, 0.25) is 0 Å². The summed E-state index contributed by atoms with van der Waals surface area (Å²) in [7, 11) is 4.89. The number of nitrogens with zero attached hydrogens (tertiary/aromatic N) is 1. The van der Waals surface area contributed by atoms with Crippen LogP contribution in [0.1, 0.15) is 15.9 Å². The zero-order valence-electron chi connectivity index (χ0n) is 12.7. The Morgan fingerprint density at radius 2 is 1.57 bits per heavy atom. The molecule has 21 heavy (non-hydrogen) atoms. The number of methoxy groups -OCH3 is 2. The highest BCUT2D eigenvalue weighted by atomic mass is 16.5. The molecule has 0 aromatic heterocycles. The SMILES string of the molecule is COc1cc(C)c(C(=O)N(C)c2ccccc2)cc1OC. The number of aryl methyl sites for hydroxylation is 1. The van der Waals surface area contributed by atoms with Crippen molar-refractivity contribution in [3.05, 3.63) is 53.6 Å². The zero-order chi connectivity index (χ0) is 15.4. The zero-order valence-corrected chi connectivity index (χ0v) is 12.7. The number of ether oxygens (including phenoxy) is 2. The average Bonchev–Trinajstić information content (AvgIpc) is 2.54. The van der Waals surface area contributed by atoms with E-state index in [1.165, 1.54) is 0 Å². The largest absolute Gasteiger partial charge is 0.493 e. The molecule has 0 fully saturated rings. The monoisotopic (exact) mass is 285 g/mol. The minimum Gasteiger partial charge on any atom is -0.493 e. The van der Waals surface area contributed by atoms with Crippen LogP contribution in [0.4, 0.5) is 5.69 Å². The Bertz CT molecular complexity index is 638. The molecule has 1 amide bonds. The maximum Gasteiger partial charge on any atom is 0.258 e. The number of benzene rings is 2. The van der Waals surface area contributed by atoms with Crippen LogP contribution >= 0.6 is 0 Å². The fourth-order valence-electron chi connectivity index (χ4n) is 2.16. The van der Waals surface area contributed by atoms with Crippen LogP contribution in [0.25, 0.3) is 0 Å². The van der Waals surface area contributed by atoms with Crippen molar-refractivity contribution in [2.45, 2.75) is 6.92 Å². The Kier molecular flexibility index (Phi) is 4.48. The number of rotatable bonds is 4. The fourth-order valence-corrected chi connectivity index (χ4v) is 2.16. The first-order valence-corrected chi connectivity index (χ1v) is 6.64. The third-order valence-corrected chi connectivity index (χ3v) is 3.41. The molecular formula is C17H19NO3. The van der Waals surface area contributed by atoms with Crippen molar-refractivity contribution in [2.75, 3.05) is 26.2 Å². The summed E-state index contributed by atoms with van der Waals surface area (Å²) in [6.45, 7) is 1.88. The van der Waals surface area contributed by atoms with Crippen molar-refractivity contribution in [3.8, 4) is 11.5 Å². The highest BCUT2D eigenvalue weighted by Crippen LogP contribution is 2.31. The second kappa shape index (κ2) is 6.31. The van der Waals surface area contributed by atoms with E-state index < -0.39 is 0 Å². The summed E-state index contributed by atoms with van der Waals surface area (Å²) in [5.41, 5.74) is 2.29. The lowest BCUT2D eigenvalue weighted by Gasteiger charge is -2.19. The molecule has 2 aromatic carbocycles. The van der Waals surface area contributed by atoms with E-state index >= 15 is 0 Å². The number of anilines is 1. The Balaban J connectivity index is 2.39. The van der Waals surface area contributed by atoms with Crippen LogP contribution in [0, 0.1) is 6.92 Å². The maximum atomic E-state index is 12.7. The van der Waals surface area contributed by atoms with Crippen molar-refractivity contribution < 1.29 is 14.3 Å². The summed E-state index contributed by atoms with van der Waals surface area (Å²) in [4.78, 5) is 14.3. The third-order valence-electron chi connectivity index (χ3n) is 3.41. The molecule has 0 aliphatic heterocycles. The van der Waals surface area contributed by atoms with Crippen LogP contribution < -0.4 is 14.4 Å². The van der Waals surface area contributed by atoms with Gasteiger partial charge in [-0.15, -0.1) is 0 Å². The molecule has 110 valence electrons. The van der Waals surface area contributed by atoms with Gasteiger partial charge < -0.3 is 14.4 Å². The van der Waals surface area contributed by atoms with E-state index in [2.05, 4.69) is 0 Å². The first-order chi connectivity index (χ1) is 10.1. The van der Waals surface area contributed by atoms with Crippen LogP contribution in [-0.2, 0) is 0 Å². The summed E-state index contributed by atoms with van der Waals surface area (Å²) in [6.07, 6.45) is 0. The van der Waals surface area contributed by atoms with Crippen molar-refractivity contribution in [2.24, 2.45) is 0 Å². The van der Waals surface area contributed by atoms with Crippen LogP contribution in [-0.4, -0.2) is 27.2 Å². The maximum absolute atomic E-state index is 12.7. The molecule has 0 saturated heterocycles. The van der Waals surface area contributed by atoms with Gasteiger partial charge in [0.1, 0.15) is 0 Å². The molecule has 2 aromatic rings. The fraction of sp³-hybridized carbons (Fsp3) is 0.235. The van der Waals surface area contributed by atoms with Crippen LogP contribution in [0.2, 0.25) is 0 Å². The van der Waals surface area contributed by atoms with Crippen LogP contribution in [0.3, 0.4) is 0 Å². The summed E-state index contributed by atoms with van der Waals surface area (Å²) in [5, 5.41) is 0. The molecule has 0 heterocycles. The van der Waals surface area contributed by atoms with E-state index in [9.17, 15) is 4.79 Å². The topological polar surface area (TPSA) is 38.8 Å². The number of amides is 1. The highest BCUT2D eigenvalue weighted by molar-refractivity contribution is 6.07. The van der Waals surface area contributed by atoms with Crippen molar-refractivity contribution in [1.29, 1.82) is 0 Å². The van der Waals surface area contributed by atoms with Gasteiger partial charge in [-0.25, -0.2) is 0 Å². The second-order valence-corrected chi connectivity index (χ2v) is 4.72.